The Morgan fingerprint density at radius 1 is 0.800 bits per heavy atom. The Labute approximate surface area is 325 Å². The quantitative estimate of drug-likeness (QED) is 0.0608. The largest absolute Gasteiger partial charge is 0.457 e. The number of hydroxylamine groups is 2. The third-order valence-corrected chi connectivity index (χ3v) is 10.8. The molecule has 5 aromatic rings. The molecule has 1 saturated heterocycles. The fraction of sp³-hybridized carbons (Fsp3) is 0.267. The molecule has 0 spiro atoms. The van der Waals surface area contributed by atoms with E-state index in [1.54, 1.807) is 30.3 Å². The van der Waals surface area contributed by atoms with Gasteiger partial charge >= 0.3 is 0 Å². The summed E-state index contributed by atoms with van der Waals surface area (Å²) in [6.07, 6.45) is 2.37. The number of aryl methyl sites for hydroxylation is 1. The number of sulfonamides is 1. The van der Waals surface area contributed by atoms with Crippen LogP contribution in [0, 0.1) is 6.92 Å². The van der Waals surface area contributed by atoms with Crippen molar-refractivity contribution in [1.82, 2.24) is 9.96 Å². The lowest BCUT2D eigenvalue weighted by molar-refractivity contribution is -0.224. The van der Waals surface area contributed by atoms with Crippen LogP contribution in [0.25, 0.3) is 0 Å². The van der Waals surface area contributed by atoms with Gasteiger partial charge in [0.2, 0.25) is 10.0 Å². The topological polar surface area (TPSA) is 88.6 Å². The summed E-state index contributed by atoms with van der Waals surface area (Å²) in [5, 5.41) is 1.34. The van der Waals surface area contributed by atoms with Crippen LogP contribution in [-0.4, -0.2) is 75.0 Å². The molecule has 0 aromatic heterocycles. The number of ether oxygens (including phenoxy) is 2. The minimum Gasteiger partial charge on any atom is -0.457 e. The second kappa shape index (κ2) is 17.5. The van der Waals surface area contributed by atoms with Gasteiger partial charge in [0.1, 0.15) is 17.5 Å². The normalized spacial score (nSPS) is 16.9. The fourth-order valence-corrected chi connectivity index (χ4v) is 8.05. The summed E-state index contributed by atoms with van der Waals surface area (Å²) in [5.41, 5.74) is 2.68. The lowest BCUT2D eigenvalue weighted by Crippen LogP contribution is -2.60. The number of carbonyl (C=O) groups excluding carboxylic acids is 1. The molecule has 2 unspecified atom stereocenters. The number of rotatable bonds is 15. The number of carbonyl (C=O) groups is 1. The van der Waals surface area contributed by atoms with Gasteiger partial charge in [-0.25, -0.2) is 18.3 Å². The van der Waals surface area contributed by atoms with E-state index in [0.717, 1.165) is 28.5 Å². The molecule has 0 N–H and O–H groups in total. The van der Waals surface area contributed by atoms with E-state index in [2.05, 4.69) is 6.58 Å². The van der Waals surface area contributed by atoms with E-state index in [1.165, 1.54) is 9.37 Å². The highest BCUT2D eigenvalue weighted by molar-refractivity contribution is 7.92. The zero-order chi connectivity index (χ0) is 39.0. The molecule has 1 amide bonds. The van der Waals surface area contributed by atoms with Gasteiger partial charge in [0.25, 0.3) is 5.91 Å². The molecule has 1 fully saturated rings. The van der Waals surface area contributed by atoms with Crippen LogP contribution in [-0.2, 0) is 30.0 Å². The number of morpholine rings is 1. The summed E-state index contributed by atoms with van der Waals surface area (Å²) in [7, 11) is -3.89. The van der Waals surface area contributed by atoms with Crippen LogP contribution in [0.4, 0.5) is 5.69 Å². The predicted molar refractivity (Wildman–Crippen MR) is 217 cm³/mol. The summed E-state index contributed by atoms with van der Waals surface area (Å²) in [6.45, 7) is 10.6. The van der Waals surface area contributed by atoms with Crippen molar-refractivity contribution in [3.8, 4) is 11.5 Å². The number of anilines is 1. The van der Waals surface area contributed by atoms with E-state index in [0.29, 0.717) is 30.3 Å². The first-order valence-corrected chi connectivity index (χ1v) is 20.3. The van der Waals surface area contributed by atoms with Gasteiger partial charge < -0.3 is 9.47 Å². The molecule has 10 heteroatoms. The third kappa shape index (κ3) is 9.35. The zero-order valence-electron chi connectivity index (χ0n) is 31.8. The van der Waals surface area contributed by atoms with Crippen LogP contribution in [0.3, 0.4) is 0 Å². The highest BCUT2D eigenvalue weighted by atomic mass is 32.2. The molecule has 286 valence electrons. The molecule has 1 aliphatic rings. The van der Waals surface area contributed by atoms with Crippen molar-refractivity contribution in [2.24, 2.45) is 0 Å². The number of benzene rings is 5. The molecule has 6 rings (SSSR count). The van der Waals surface area contributed by atoms with Gasteiger partial charge in [0, 0.05) is 13.1 Å². The molecule has 9 nitrogen and oxygen atoms in total. The third-order valence-electron chi connectivity index (χ3n) is 9.62. The van der Waals surface area contributed by atoms with Crippen molar-refractivity contribution in [2.75, 3.05) is 36.7 Å². The zero-order valence-corrected chi connectivity index (χ0v) is 32.6. The van der Waals surface area contributed by atoms with E-state index >= 15 is 4.79 Å². The molecule has 0 bridgehead atoms. The van der Waals surface area contributed by atoms with Gasteiger partial charge in [-0.15, -0.1) is 6.58 Å². The molecular formula is C45H49N3O6S. The van der Waals surface area contributed by atoms with Crippen molar-refractivity contribution < 1.29 is 27.5 Å². The van der Waals surface area contributed by atoms with Gasteiger partial charge in [-0.1, -0.05) is 115 Å². The molecule has 1 aliphatic heterocycles. The number of hydrogen-bond acceptors (Lipinski definition) is 7. The molecule has 0 radical (unpaired) electrons. The maximum atomic E-state index is 15.3. The summed E-state index contributed by atoms with van der Waals surface area (Å²) in [4.78, 5) is 24.5. The van der Waals surface area contributed by atoms with Crippen LogP contribution in [0.5, 0.6) is 11.5 Å². The summed E-state index contributed by atoms with van der Waals surface area (Å²) < 4.78 is 40.7. The molecule has 1 heterocycles. The van der Waals surface area contributed by atoms with Crippen molar-refractivity contribution in [3.63, 3.8) is 0 Å². The lowest BCUT2D eigenvalue weighted by Gasteiger charge is -2.44. The first kappa shape index (κ1) is 39.4. The van der Waals surface area contributed by atoms with Crippen LogP contribution in [0.1, 0.15) is 36.1 Å². The van der Waals surface area contributed by atoms with Crippen molar-refractivity contribution in [3.05, 3.63) is 174 Å². The van der Waals surface area contributed by atoms with E-state index < -0.39 is 27.6 Å². The summed E-state index contributed by atoms with van der Waals surface area (Å²) in [5.74, 6) is 0.801. The number of hydrogen-bond donors (Lipinski definition) is 0. The average Bonchev–Trinajstić information content (AvgIpc) is 3.18. The summed E-state index contributed by atoms with van der Waals surface area (Å²) >= 11 is 0. The minimum atomic E-state index is -3.89. The molecule has 0 aliphatic carbocycles. The van der Waals surface area contributed by atoms with Crippen molar-refractivity contribution in [2.45, 2.75) is 44.6 Å². The van der Waals surface area contributed by atoms with Gasteiger partial charge in [0.15, 0.2) is 5.60 Å². The lowest BCUT2D eigenvalue weighted by atomic mass is 9.80. The van der Waals surface area contributed by atoms with E-state index in [-0.39, 0.29) is 25.3 Å². The van der Waals surface area contributed by atoms with Crippen molar-refractivity contribution >= 4 is 21.6 Å². The Bertz CT molecular complexity index is 2010. The first-order chi connectivity index (χ1) is 26.5. The maximum absolute atomic E-state index is 15.3. The molecule has 55 heavy (non-hydrogen) atoms. The Hall–Kier alpha value is -5.26. The second-order valence-corrected chi connectivity index (χ2v) is 15.9. The minimum absolute atomic E-state index is 0.0307. The van der Waals surface area contributed by atoms with Gasteiger partial charge in [-0.3, -0.25) is 14.0 Å². The smallest absolute Gasteiger partial charge is 0.265 e. The standard InChI is InChI=1S/C45H49N3O6S/c1-6-30-47(54-45(37-16-10-7-11-17-37,38-18-12-8-13-19-38)39-20-14-9-15-21-39)44(49)43(46-31-35(3)52-36(4)32-46)33-48(55(5,50)51)40-24-28-42(29-25-40)53-41-26-22-34(2)23-27-41/h6-29,35-36,43H,1,30-33H2,2-5H3/t35?,36?,43-/m0/s1. The highest BCUT2D eigenvalue weighted by Gasteiger charge is 2.44. The Balaban J connectivity index is 1.42. The van der Waals surface area contributed by atoms with Crippen LogP contribution in [0.15, 0.2) is 152 Å². The Kier molecular flexibility index (Phi) is 12.5. The molecule has 3 atom stereocenters. The van der Waals surface area contributed by atoms with Crippen LogP contribution in [0.2, 0.25) is 0 Å². The van der Waals surface area contributed by atoms with E-state index in [4.69, 9.17) is 14.3 Å². The highest BCUT2D eigenvalue weighted by Crippen LogP contribution is 2.41. The maximum Gasteiger partial charge on any atom is 0.265 e. The van der Waals surface area contributed by atoms with Crippen LogP contribution >= 0.6 is 0 Å². The van der Waals surface area contributed by atoms with E-state index in [1.807, 2.05) is 141 Å². The fourth-order valence-electron chi connectivity index (χ4n) is 7.13. The van der Waals surface area contributed by atoms with Gasteiger partial charge in [0.05, 0.1) is 37.2 Å². The van der Waals surface area contributed by atoms with Crippen molar-refractivity contribution in [1.29, 1.82) is 0 Å². The molecule has 5 aromatic carbocycles. The second-order valence-electron chi connectivity index (χ2n) is 14.0. The monoisotopic (exact) mass is 759 g/mol. The van der Waals surface area contributed by atoms with Gasteiger partial charge in [-0.05, 0) is 73.9 Å². The van der Waals surface area contributed by atoms with Gasteiger partial charge in [-0.2, -0.15) is 0 Å². The van der Waals surface area contributed by atoms with Crippen LogP contribution < -0.4 is 9.04 Å². The number of nitrogens with zero attached hydrogens (tertiary/aromatic N) is 3. The Morgan fingerprint density at radius 3 is 1.69 bits per heavy atom. The molecule has 0 saturated carbocycles. The average molecular weight is 760 g/mol. The predicted octanol–water partition coefficient (Wildman–Crippen LogP) is 7.97. The Morgan fingerprint density at radius 2 is 1.25 bits per heavy atom. The SMILES string of the molecule is C=CCN(OC(c1ccccc1)(c1ccccc1)c1ccccc1)C(=O)[C@H](CN(c1ccc(Oc2ccc(C)cc2)cc1)S(C)(=O)=O)N1CC(C)OC(C)C1. The molecular weight excluding hydrogens is 711 g/mol. The summed E-state index contributed by atoms with van der Waals surface area (Å²) in [6, 6.07) is 42.9. The van der Waals surface area contributed by atoms with E-state index in [9.17, 15) is 8.42 Å². The number of amides is 1. The first-order valence-electron chi connectivity index (χ1n) is 18.5.